The summed E-state index contributed by atoms with van der Waals surface area (Å²) in [5, 5.41) is 8.02. The Kier molecular flexibility index (Phi) is 3.29. The highest BCUT2D eigenvalue weighted by molar-refractivity contribution is 6.04. The van der Waals surface area contributed by atoms with Crippen molar-refractivity contribution in [1.82, 2.24) is 25.1 Å². The van der Waals surface area contributed by atoms with E-state index in [1.165, 1.54) is 0 Å². The average Bonchev–Trinajstić information content (AvgIpc) is 3.21. The van der Waals surface area contributed by atoms with Gasteiger partial charge in [-0.25, -0.2) is 0 Å². The van der Waals surface area contributed by atoms with E-state index in [0.717, 1.165) is 41.7 Å². The van der Waals surface area contributed by atoms with E-state index in [1.807, 2.05) is 36.1 Å². The van der Waals surface area contributed by atoms with Crippen molar-refractivity contribution in [3.05, 3.63) is 53.7 Å². The molecule has 1 aliphatic rings. The molecule has 6 nitrogen and oxygen atoms in total. The van der Waals surface area contributed by atoms with E-state index >= 15 is 0 Å². The van der Waals surface area contributed by atoms with Crippen molar-refractivity contribution < 1.29 is 4.79 Å². The van der Waals surface area contributed by atoms with Crippen LogP contribution in [0.3, 0.4) is 0 Å². The maximum Gasteiger partial charge on any atom is 0.275 e. The first-order chi connectivity index (χ1) is 11.2. The van der Waals surface area contributed by atoms with Crippen molar-refractivity contribution in [3.63, 3.8) is 0 Å². The Morgan fingerprint density at radius 3 is 3.04 bits per heavy atom. The molecule has 116 valence electrons. The molecule has 1 aliphatic heterocycles. The van der Waals surface area contributed by atoms with E-state index < -0.39 is 0 Å². The molecule has 1 atom stereocenters. The molecule has 0 spiro atoms. The molecule has 3 heterocycles. The van der Waals surface area contributed by atoms with Gasteiger partial charge in [0.15, 0.2) is 5.69 Å². The molecule has 1 amide bonds. The van der Waals surface area contributed by atoms with E-state index in [-0.39, 0.29) is 11.9 Å². The lowest BCUT2D eigenvalue weighted by molar-refractivity contribution is 0.0728. The van der Waals surface area contributed by atoms with Crippen molar-refractivity contribution in [2.45, 2.75) is 25.8 Å². The number of aromatic nitrogens is 4. The van der Waals surface area contributed by atoms with Gasteiger partial charge >= 0.3 is 0 Å². The van der Waals surface area contributed by atoms with Gasteiger partial charge in [0.25, 0.3) is 5.91 Å². The second-order valence-corrected chi connectivity index (χ2v) is 5.86. The van der Waals surface area contributed by atoms with Gasteiger partial charge < -0.3 is 4.90 Å². The summed E-state index contributed by atoms with van der Waals surface area (Å²) in [6.07, 6.45) is 5.36. The fraction of sp³-hybridized carbons (Fsp3) is 0.294. The maximum atomic E-state index is 13.0. The molecule has 2 aromatic heterocycles. The fourth-order valence-corrected chi connectivity index (χ4v) is 3.22. The van der Waals surface area contributed by atoms with E-state index in [2.05, 4.69) is 20.2 Å². The first kappa shape index (κ1) is 13.9. The number of fused-ring (bicyclic) bond motifs is 1. The Morgan fingerprint density at radius 2 is 2.17 bits per heavy atom. The number of aryl methyl sites for hydroxylation is 1. The van der Waals surface area contributed by atoms with Gasteiger partial charge in [-0.15, -0.1) is 0 Å². The van der Waals surface area contributed by atoms with Crippen molar-refractivity contribution in [3.8, 4) is 0 Å². The molecule has 23 heavy (non-hydrogen) atoms. The number of amides is 1. The summed E-state index contributed by atoms with van der Waals surface area (Å²) < 4.78 is 0. The average molecular weight is 307 g/mol. The molecular formula is C17H17N5O. The number of H-pyrrole nitrogens is 1. The zero-order valence-electron chi connectivity index (χ0n) is 12.9. The lowest BCUT2D eigenvalue weighted by Crippen LogP contribution is -2.31. The quantitative estimate of drug-likeness (QED) is 0.789. The summed E-state index contributed by atoms with van der Waals surface area (Å²) >= 11 is 0. The van der Waals surface area contributed by atoms with Gasteiger partial charge in [0.1, 0.15) is 0 Å². The number of carbonyl (C=O) groups excluding carboxylic acids is 1. The highest BCUT2D eigenvalue weighted by Crippen LogP contribution is 2.32. The number of rotatable bonds is 2. The normalized spacial score (nSPS) is 17.8. The summed E-state index contributed by atoms with van der Waals surface area (Å²) in [5.41, 5.74) is 3.08. The van der Waals surface area contributed by atoms with Crippen LogP contribution in [0.4, 0.5) is 0 Å². The molecule has 4 rings (SSSR count). The van der Waals surface area contributed by atoms with Crippen LogP contribution in [0.25, 0.3) is 10.9 Å². The predicted molar refractivity (Wildman–Crippen MR) is 85.9 cm³/mol. The molecule has 1 fully saturated rings. The number of hydrogen-bond donors (Lipinski definition) is 1. The molecule has 3 aromatic rings. The molecule has 6 heteroatoms. The van der Waals surface area contributed by atoms with Crippen LogP contribution in [0.2, 0.25) is 0 Å². The summed E-state index contributed by atoms with van der Waals surface area (Å²) in [6, 6.07) is 7.67. The number of benzene rings is 1. The van der Waals surface area contributed by atoms with E-state index in [1.54, 1.807) is 12.4 Å². The van der Waals surface area contributed by atoms with Gasteiger partial charge in [-0.1, -0.05) is 18.2 Å². The molecule has 1 saturated heterocycles. The minimum atomic E-state index is -0.0479. The lowest BCUT2D eigenvalue weighted by atomic mass is 10.1. The fourth-order valence-electron chi connectivity index (χ4n) is 3.22. The molecule has 0 unspecified atom stereocenters. The summed E-state index contributed by atoms with van der Waals surface area (Å²) in [4.78, 5) is 23.6. The smallest absolute Gasteiger partial charge is 0.275 e. The predicted octanol–water partition coefficient (Wildman–Crippen LogP) is 2.64. The number of nitrogens with zero attached hydrogens (tertiary/aromatic N) is 4. The third-order valence-corrected chi connectivity index (χ3v) is 4.30. The topological polar surface area (TPSA) is 74.8 Å². The monoisotopic (exact) mass is 307 g/mol. The van der Waals surface area contributed by atoms with Crippen molar-refractivity contribution in [2.75, 3.05) is 6.54 Å². The van der Waals surface area contributed by atoms with Gasteiger partial charge in [-0.3, -0.25) is 19.9 Å². The zero-order chi connectivity index (χ0) is 15.8. The molecular weight excluding hydrogens is 290 g/mol. The Labute approximate surface area is 133 Å². The summed E-state index contributed by atoms with van der Waals surface area (Å²) in [6.45, 7) is 2.64. The van der Waals surface area contributed by atoms with Crippen molar-refractivity contribution in [2.24, 2.45) is 0 Å². The Balaban J connectivity index is 1.70. The molecule has 0 saturated carbocycles. The number of likely N-dealkylation sites (tertiary alicyclic amines) is 1. The van der Waals surface area contributed by atoms with Gasteiger partial charge in [-0.05, 0) is 25.8 Å². The SMILES string of the molecule is Cc1cncc([C@@H]2CCCN2C(=O)c2n[nH]c3ccccc23)n1. The third kappa shape index (κ3) is 2.36. The van der Waals surface area contributed by atoms with Crippen LogP contribution < -0.4 is 0 Å². The number of carbonyl (C=O) groups is 1. The number of nitrogens with one attached hydrogen (secondary N) is 1. The third-order valence-electron chi connectivity index (χ3n) is 4.30. The minimum absolute atomic E-state index is 0.0228. The summed E-state index contributed by atoms with van der Waals surface area (Å²) in [7, 11) is 0. The van der Waals surface area contributed by atoms with E-state index in [0.29, 0.717) is 5.69 Å². The van der Waals surface area contributed by atoms with Gasteiger partial charge in [0, 0.05) is 18.1 Å². The highest BCUT2D eigenvalue weighted by Gasteiger charge is 2.33. The minimum Gasteiger partial charge on any atom is -0.329 e. The van der Waals surface area contributed by atoms with E-state index in [4.69, 9.17) is 0 Å². The molecule has 0 aliphatic carbocycles. The van der Waals surface area contributed by atoms with Gasteiger partial charge in [-0.2, -0.15) is 5.10 Å². The summed E-state index contributed by atoms with van der Waals surface area (Å²) in [5.74, 6) is -0.0479. The first-order valence-electron chi connectivity index (χ1n) is 7.76. The van der Waals surface area contributed by atoms with Crippen LogP contribution in [0.5, 0.6) is 0 Å². The van der Waals surface area contributed by atoms with Crippen LogP contribution in [-0.2, 0) is 0 Å². The van der Waals surface area contributed by atoms with E-state index in [9.17, 15) is 4.79 Å². The van der Waals surface area contributed by atoms with Crippen LogP contribution in [-0.4, -0.2) is 37.5 Å². The molecule has 0 radical (unpaired) electrons. The van der Waals surface area contributed by atoms with Crippen molar-refractivity contribution >= 4 is 16.8 Å². The lowest BCUT2D eigenvalue weighted by Gasteiger charge is -2.23. The zero-order valence-corrected chi connectivity index (χ0v) is 12.9. The number of aromatic amines is 1. The molecule has 1 N–H and O–H groups in total. The molecule has 1 aromatic carbocycles. The largest absolute Gasteiger partial charge is 0.329 e. The van der Waals surface area contributed by atoms with Gasteiger partial charge in [0.05, 0.1) is 29.1 Å². The Morgan fingerprint density at radius 1 is 1.30 bits per heavy atom. The Hall–Kier alpha value is -2.76. The Bertz CT molecular complexity index is 872. The molecule has 0 bridgehead atoms. The second-order valence-electron chi connectivity index (χ2n) is 5.86. The second kappa shape index (κ2) is 5.46. The van der Waals surface area contributed by atoms with Crippen LogP contribution in [0, 0.1) is 6.92 Å². The number of para-hydroxylation sites is 1. The first-order valence-corrected chi connectivity index (χ1v) is 7.76. The van der Waals surface area contributed by atoms with Crippen LogP contribution in [0.1, 0.15) is 40.8 Å². The van der Waals surface area contributed by atoms with Crippen LogP contribution >= 0.6 is 0 Å². The number of hydrogen-bond acceptors (Lipinski definition) is 4. The standard InChI is InChI=1S/C17H17N5O/c1-11-9-18-10-14(19-11)15-7-4-8-22(15)17(23)16-12-5-2-3-6-13(12)20-21-16/h2-3,5-6,9-10,15H,4,7-8H2,1H3,(H,20,21)/t15-/m0/s1. The van der Waals surface area contributed by atoms with Gasteiger partial charge in [0.2, 0.25) is 0 Å². The van der Waals surface area contributed by atoms with Crippen LogP contribution in [0.15, 0.2) is 36.7 Å². The maximum absolute atomic E-state index is 13.0. The van der Waals surface area contributed by atoms with Crippen molar-refractivity contribution in [1.29, 1.82) is 0 Å². The highest BCUT2D eigenvalue weighted by atomic mass is 16.2.